The van der Waals surface area contributed by atoms with Crippen LogP contribution in [0, 0.1) is 11.8 Å². The van der Waals surface area contributed by atoms with Crippen LogP contribution in [0.15, 0.2) is 4.99 Å². The topological polar surface area (TPSA) is 48.9 Å². The summed E-state index contributed by atoms with van der Waals surface area (Å²) in [5.74, 6) is 2.48. The molecule has 2 N–H and O–H groups in total. The zero-order valence-electron chi connectivity index (χ0n) is 17.5. The van der Waals surface area contributed by atoms with Crippen molar-refractivity contribution in [1.29, 1.82) is 0 Å². The number of likely N-dealkylation sites (N-methyl/N-ethyl adjacent to an activating group) is 1. The highest BCUT2D eigenvalue weighted by atomic mass is 127. The van der Waals surface area contributed by atoms with E-state index >= 15 is 0 Å². The largest absolute Gasteiger partial charge is 0.381 e. The number of nitrogens with one attached hydrogen (secondary N) is 2. The van der Waals surface area contributed by atoms with Crippen molar-refractivity contribution >= 4 is 29.9 Å². The summed E-state index contributed by atoms with van der Waals surface area (Å²) < 4.78 is 5.57. The Labute approximate surface area is 178 Å². The first-order valence-electron chi connectivity index (χ1n) is 10.2. The van der Waals surface area contributed by atoms with Crippen molar-refractivity contribution in [3.63, 3.8) is 0 Å². The molecule has 154 valence electrons. The number of nitrogens with zero attached hydrogens (tertiary/aromatic N) is 2. The molecule has 1 aliphatic heterocycles. The van der Waals surface area contributed by atoms with E-state index in [4.69, 9.17) is 4.74 Å². The van der Waals surface area contributed by atoms with Crippen LogP contribution in [0.25, 0.3) is 0 Å². The number of aliphatic imine (C=N–C) groups is 1. The Morgan fingerprint density at radius 2 is 1.77 bits per heavy atom. The first-order valence-corrected chi connectivity index (χ1v) is 10.2. The molecule has 2 rings (SSSR count). The van der Waals surface area contributed by atoms with E-state index in [0.29, 0.717) is 12.0 Å². The molecule has 1 heterocycles. The van der Waals surface area contributed by atoms with Crippen LogP contribution in [0.2, 0.25) is 0 Å². The maximum absolute atomic E-state index is 5.57. The van der Waals surface area contributed by atoms with Crippen molar-refractivity contribution < 1.29 is 4.74 Å². The normalized spacial score (nSPS) is 23.8. The number of rotatable bonds is 6. The van der Waals surface area contributed by atoms with Crippen molar-refractivity contribution in [2.45, 2.75) is 70.4 Å². The van der Waals surface area contributed by atoms with Gasteiger partial charge in [-0.05, 0) is 45.7 Å². The molecule has 0 amide bonds. The summed E-state index contributed by atoms with van der Waals surface area (Å²) in [6.45, 7) is 7.32. The van der Waals surface area contributed by atoms with E-state index in [9.17, 15) is 0 Å². The molecule has 0 bridgehead atoms. The van der Waals surface area contributed by atoms with E-state index in [1.807, 2.05) is 7.05 Å². The minimum Gasteiger partial charge on any atom is -0.381 e. The van der Waals surface area contributed by atoms with Crippen LogP contribution in [0.5, 0.6) is 0 Å². The maximum atomic E-state index is 5.57. The van der Waals surface area contributed by atoms with E-state index in [0.717, 1.165) is 44.5 Å². The van der Waals surface area contributed by atoms with Gasteiger partial charge >= 0.3 is 0 Å². The van der Waals surface area contributed by atoms with Crippen LogP contribution in [0.4, 0.5) is 0 Å². The minimum absolute atomic E-state index is 0. The van der Waals surface area contributed by atoms with Crippen molar-refractivity contribution in [3.8, 4) is 0 Å². The fourth-order valence-corrected chi connectivity index (χ4v) is 4.39. The predicted octanol–water partition coefficient (Wildman–Crippen LogP) is 3.49. The number of guanidine groups is 1. The average Bonchev–Trinajstić information content (AvgIpc) is 2.65. The van der Waals surface area contributed by atoms with Crippen molar-refractivity contribution in [3.05, 3.63) is 0 Å². The second-order valence-corrected chi connectivity index (χ2v) is 8.35. The first-order chi connectivity index (χ1) is 12.0. The van der Waals surface area contributed by atoms with Crippen molar-refractivity contribution in [2.24, 2.45) is 16.8 Å². The van der Waals surface area contributed by atoms with E-state index in [2.05, 4.69) is 48.5 Å². The highest BCUT2D eigenvalue weighted by Crippen LogP contribution is 2.31. The van der Waals surface area contributed by atoms with Crippen LogP contribution in [0.1, 0.15) is 58.8 Å². The Kier molecular flexibility index (Phi) is 10.8. The quantitative estimate of drug-likeness (QED) is 0.347. The molecule has 5 nitrogen and oxygen atoms in total. The SMILES string of the molecule is CN=C(NCC1(N(C)C)CCOCC1)NC(C)C(C)C1CCCCC1.I. The lowest BCUT2D eigenvalue weighted by molar-refractivity contribution is -0.00504. The third kappa shape index (κ3) is 6.51. The van der Waals surface area contributed by atoms with Crippen molar-refractivity contribution in [2.75, 3.05) is 40.9 Å². The van der Waals surface area contributed by atoms with Gasteiger partial charge in [-0.25, -0.2) is 0 Å². The fourth-order valence-electron chi connectivity index (χ4n) is 4.39. The summed E-state index contributed by atoms with van der Waals surface area (Å²) in [7, 11) is 6.23. The van der Waals surface area contributed by atoms with Gasteiger partial charge in [0.2, 0.25) is 0 Å². The van der Waals surface area contributed by atoms with E-state index in [1.165, 1.54) is 32.1 Å². The first kappa shape index (κ1) is 24.0. The van der Waals surface area contributed by atoms with Gasteiger partial charge < -0.3 is 20.3 Å². The lowest BCUT2D eigenvalue weighted by Gasteiger charge is -2.43. The lowest BCUT2D eigenvalue weighted by atomic mass is 9.78. The third-order valence-corrected chi connectivity index (χ3v) is 6.73. The lowest BCUT2D eigenvalue weighted by Crippen LogP contribution is -2.58. The molecule has 26 heavy (non-hydrogen) atoms. The van der Waals surface area contributed by atoms with Gasteiger partial charge in [0, 0.05) is 38.4 Å². The van der Waals surface area contributed by atoms with Crippen LogP contribution in [-0.4, -0.2) is 63.3 Å². The molecule has 6 heteroatoms. The number of halogens is 1. The number of hydrogen-bond donors (Lipinski definition) is 2. The van der Waals surface area contributed by atoms with Gasteiger partial charge in [0.15, 0.2) is 5.96 Å². The average molecular weight is 480 g/mol. The second-order valence-electron chi connectivity index (χ2n) is 8.35. The Morgan fingerprint density at radius 3 is 2.31 bits per heavy atom. The van der Waals surface area contributed by atoms with Gasteiger partial charge in [-0.1, -0.05) is 39.0 Å². The zero-order valence-corrected chi connectivity index (χ0v) is 19.8. The molecule has 1 saturated heterocycles. The number of hydrogen-bond acceptors (Lipinski definition) is 3. The van der Waals surface area contributed by atoms with Crippen LogP contribution >= 0.6 is 24.0 Å². The summed E-state index contributed by atoms with van der Waals surface area (Å²) in [6, 6.07) is 0.444. The van der Waals surface area contributed by atoms with E-state index in [-0.39, 0.29) is 29.5 Å². The maximum Gasteiger partial charge on any atom is 0.191 e. The third-order valence-electron chi connectivity index (χ3n) is 6.73. The highest BCUT2D eigenvalue weighted by Gasteiger charge is 2.35. The molecule has 0 aromatic carbocycles. The van der Waals surface area contributed by atoms with Gasteiger partial charge in [-0.2, -0.15) is 0 Å². The molecule has 2 aliphatic rings. The zero-order chi connectivity index (χ0) is 18.3. The molecule has 0 aromatic heterocycles. The smallest absolute Gasteiger partial charge is 0.191 e. The molecule has 0 spiro atoms. The van der Waals surface area contributed by atoms with Gasteiger partial charge in [-0.15, -0.1) is 24.0 Å². The van der Waals surface area contributed by atoms with Gasteiger partial charge in [0.25, 0.3) is 0 Å². The Balaban J connectivity index is 0.00000338. The van der Waals surface area contributed by atoms with E-state index in [1.54, 1.807) is 0 Å². The van der Waals surface area contributed by atoms with Crippen molar-refractivity contribution in [1.82, 2.24) is 15.5 Å². The summed E-state index contributed by atoms with van der Waals surface area (Å²) in [6.07, 6.45) is 9.15. The van der Waals surface area contributed by atoms with Crippen LogP contribution in [-0.2, 0) is 4.74 Å². The molecule has 1 aliphatic carbocycles. The summed E-state index contributed by atoms with van der Waals surface area (Å²) in [5, 5.41) is 7.24. The highest BCUT2D eigenvalue weighted by molar-refractivity contribution is 14.0. The Bertz CT molecular complexity index is 418. The van der Waals surface area contributed by atoms with Crippen LogP contribution in [0.3, 0.4) is 0 Å². The summed E-state index contributed by atoms with van der Waals surface area (Å²) >= 11 is 0. The Morgan fingerprint density at radius 1 is 1.15 bits per heavy atom. The second kappa shape index (κ2) is 11.7. The number of ether oxygens (including phenoxy) is 1. The summed E-state index contributed by atoms with van der Waals surface area (Å²) in [4.78, 5) is 6.83. The minimum atomic E-state index is 0. The molecular formula is C20H41IN4O. The molecule has 0 radical (unpaired) electrons. The molecule has 2 fully saturated rings. The molecule has 0 aromatic rings. The molecule has 2 unspecified atom stereocenters. The van der Waals surface area contributed by atoms with E-state index < -0.39 is 0 Å². The fraction of sp³-hybridized carbons (Fsp3) is 0.950. The predicted molar refractivity (Wildman–Crippen MR) is 122 cm³/mol. The van der Waals surface area contributed by atoms with Gasteiger partial charge in [0.1, 0.15) is 0 Å². The Hall–Kier alpha value is -0.0800. The molecular weight excluding hydrogens is 439 g/mol. The monoisotopic (exact) mass is 480 g/mol. The summed E-state index contributed by atoms with van der Waals surface area (Å²) in [5.41, 5.74) is 0.161. The van der Waals surface area contributed by atoms with Gasteiger partial charge in [0.05, 0.1) is 0 Å². The molecule has 2 atom stereocenters. The standard InChI is InChI=1S/C20H40N4O.HI/c1-16(18-9-7-6-8-10-18)17(2)23-19(21-3)22-15-20(24(4)5)11-13-25-14-12-20;/h16-18H,6-15H2,1-5H3,(H2,21,22,23);1H. The van der Waals surface area contributed by atoms with Gasteiger partial charge in [-0.3, -0.25) is 4.99 Å². The molecule has 1 saturated carbocycles. The van der Waals surface area contributed by atoms with Crippen LogP contribution < -0.4 is 10.6 Å².